The summed E-state index contributed by atoms with van der Waals surface area (Å²) in [6, 6.07) is 24.2. The third-order valence-electron chi connectivity index (χ3n) is 6.54. The van der Waals surface area contributed by atoms with E-state index in [1.54, 1.807) is 24.3 Å². The number of alkyl halides is 3. The quantitative estimate of drug-likeness (QED) is 0.174. The minimum atomic E-state index is -4.78. The van der Waals surface area contributed by atoms with Crippen LogP contribution in [-0.4, -0.2) is 18.0 Å². The maximum absolute atomic E-state index is 14.6. The maximum atomic E-state index is 14.6. The minimum Gasteiger partial charge on any atom is -0.461 e. The van der Waals surface area contributed by atoms with Crippen LogP contribution in [-0.2, 0) is 16.1 Å². The number of carbonyl (C=O) groups excluding carboxylic acids is 1. The van der Waals surface area contributed by atoms with E-state index in [0.29, 0.717) is 16.7 Å². The molecule has 0 saturated heterocycles. The lowest BCUT2D eigenvalue weighted by atomic mass is 9.90. The normalized spacial score (nSPS) is 16.9. The van der Waals surface area contributed by atoms with Crippen molar-refractivity contribution >= 4 is 11.7 Å². The fraction of sp³-hybridized carbons (Fsp3) is 0.161. The number of hydrogen-bond donors (Lipinski definition) is 0. The molecule has 40 heavy (non-hydrogen) atoms. The largest absolute Gasteiger partial charge is 0.573 e. The average molecular weight is 552 g/mol. The molecular formula is C31H22F5NO3. The summed E-state index contributed by atoms with van der Waals surface area (Å²) < 4.78 is 76.0. The number of halogens is 5. The van der Waals surface area contributed by atoms with E-state index in [9.17, 15) is 26.7 Å². The molecule has 1 aliphatic heterocycles. The molecule has 0 fully saturated rings. The molecule has 0 spiro atoms. The Morgan fingerprint density at radius 3 is 2.00 bits per heavy atom. The second-order valence-corrected chi connectivity index (χ2v) is 9.22. The van der Waals surface area contributed by atoms with E-state index in [1.165, 1.54) is 30.3 Å². The van der Waals surface area contributed by atoms with Gasteiger partial charge < -0.3 is 9.47 Å². The monoisotopic (exact) mass is 551 g/mol. The van der Waals surface area contributed by atoms with Crippen LogP contribution in [0.5, 0.6) is 5.75 Å². The molecule has 4 nitrogen and oxygen atoms in total. The molecule has 0 aliphatic carbocycles. The Morgan fingerprint density at radius 2 is 1.40 bits per heavy atom. The standard InChI is InChI=1S/C31H22F5NO3/c32-25-7-4-8-26(33)28(25)27-17-24(30(38)39-18-19-5-2-1-3-6-19)29(37-27)22-11-9-20(10-12-22)21-13-15-23(16-14-21)40-31(34,35)36/h1-16,24,29H,17-18H2. The zero-order chi connectivity index (χ0) is 28.3. The van der Waals surface area contributed by atoms with Crippen LogP contribution in [0.1, 0.15) is 29.2 Å². The molecule has 2 unspecified atom stereocenters. The van der Waals surface area contributed by atoms with Crippen molar-refractivity contribution in [2.75, 3.05) is 0 Å². The van der Waals surface area contributed by atoms with Crippen LogP contribution < -0.4 is 4.74 Å². The number of benzene rings is 4. The summed E-state index contributed by atoms with van der Waals surface area (Å²) in [5.74, 6) is -3.25. The molecule has 0 amide bonds. The molecule has 0 radical (unpaired) electrons. The first kappa shape index (κ1) is 27.1. The lowest BCUT2D eigenvalue weighted by Crippen LogP contribution is -2.22. The summed E-state index contributed by atoms with van der Waals surface area (Å²) >= 11 is 0. The predicted molar refractivity (Wildman–Crippen MR) is 139 cm³/mol. The fourth-order valence-corrected chi connectivity index (χ4v) is 4.65. The van der Waals surface area contributed by atoms with Gasteiger partial charge in [0.05, 0.1) is 17.5 Å². The first-order chi connectivity index (χ1) is 19.2. The zero-order valence-corrected chi connectivity index (χ0v) is 20.9. The highest BCUT2D eigenvalue weighted by molar-refractivity contribution is 6.04. The Kier molecular flexibility index (Phi) is 7.64. The van der Waals surface area contributed by atoms with Gasteiger partial charge in [0.25, 0.3) is 0 Å². The number of aliphatic imine (C=N–C) groups is 1. The smallest absolute Gasteiger partial charge is 0.461 e. The fourth-order valence-electron chi connectivity index (χ4n) is 4.65. The van der Waals surface area contributed by atoms with Gasteiger partial charge in [-0.25, -0.2) is 8.78 Å². The number of hydrogen-bond acceptors (Lipinski definition) is 4. The topological polar surface area (TPSA) is 47.9 Å². The summed E-state index contributed by atoms with van der Waals surface area (Å²) in [6.45, 7) is 0.0409. The highest BCUT2D eigenvalue weighted by atomic mass is 19.4. The van der Waals surface area contributed by atoms with Crippen molar-refractivity contribution in [1.29, 1.82) is 0 Å². The Hall–Kier alpha value is -4.53. The van der Waals surface area contributed by atoms with Gasteiger partial charge in [-0.2, -0.15) is 0 Å². The van der Waals surface area contributed by atoms with Gasteiger partial charge in [0.1, 0.15) is 24.0 Å². The van der Waals surface area contributed by atoms with Crippen LogP contribution in [0.3, 0.4) is 0 Å². The van der Waals surface area contributed by atoms with Gasteiger partial charge in [-0.05, 0) is 46.5 Å². The lowest BCUT2D eigenvalue weighted by molar-refractivity contribution is -0.274. The van der Waals surface area contributed by atoms with Gasteiger partial charge in [0.15, 0.2) is 0 Å². The molecule has 2 atom stereocenters. The van der Waals surface area contributed by atoms with Crippen molar-refractivity contribution in [2.24, 2.45) is 10.9 Å². The number of nitrogens with zero attached hydrogens (tertiary/aromatic N) is 1. The van der Waals surface area contributed by atoms with Crippen molar-refractivity contribution in [1.82, 2.24) is 0 Å². The highest BCUT2D eigenvalue weighted by Gasteiger charge is 2.39. The number of carbonyl (C=O) groups is 1. The Labute approximate surface area is 226 Å². The summed E-state index contributed by atoms with van der Waals surface area (Å²) in [5, 5.41) is 0. The third kappa shape index (κ3) is 6.20. The second kappa shape index (κ2) is 11.3. The SMILES string of the molecule is O=C(OCc1ccccc1)C1CC(c2c(F)cccc2F)=NC1c1ccc(-c2ccc(OC(F)(F)F)cc2)cc1. The molecule has 9 heteroatoms. The molecule has 0 saturated carbocycles. The van der Waals surface area contributed by atoms with Gasteiger partial charge >= 0.3 is 12.3 Å². The molecule has 1 aliphatic rings. The molecule has 5 rings (SSSR count). The Bertz CT molecular complexity index is 1500. The minimum absolute atomic E-state index is 0.0153. The van der Waals surface area contributed by atoms with Gasteiger partial charge in [0.2, 0.25) is 0 Å². The number of esters is 1. The highest BCUT2D eigenvalue weighted by Crippen LogP contribution is 2.39. The van der Waals surface area contributed by atoms with Gasteiger partial charge in [-0.1, -0.05) is 72.8 Å². The molecule has 4 aromatic rings. The van der Waals surface area contributed by atoms with E-state index in [-0.39, 0.29) is 30.1 Å². The Morgan fingerprint density at radius 1 is 0.800 bits per heavy atom. The average Bonchev–Trinajstić information content (AvgIpc) is 3.37. The van der Waals surface area contributed by atoms with Crippen molar-refractivity contribution in [3.8, 4) is 16.9 Å². The molecule has 204 valence electrons. The van der Waals surface area contributed by atoms with Crippen LogP contribution in [0, 0.1) is 17.6 Å². The lowest BCUT2D eigenvalue weighted by Gasteiger charge is -2.18. The number of rotatable bonds is 7. The van der Waals surface area contributed by atoms with Gasteiger partial charge in [0, 0.05) is 12.1 Å². The zero-order valence-electron chi connectivity index (χ0n) is 20.9. The summed E-state index contributed by atoms with van der Waals surface area (Å²) in [7, 11) is 0. The van der Waals surface area contributed by atoms with Crippen molar-refractivity contribution in [2.45, 2.75) is 25.4 Å². The van der Waals surface area contributed by atoms with E-state index in [4.69, 9.17) is 4.74 Å². The second-order valence-electron chi connectivity index (χ2n) is 9.22. The van der Waals surface area contributed by atoms with Crippen LogP contribution >= 0.6 is 0 Å². The third-order valence-corrected chi connectivity index (χ3v) is 6.54. The van der Waals surface area contributed by atoms with E-state index in [0.717, 1.165) is 17.7 Å². The predicted octanol–water partition coefficient (Wildman–Crippen LogP) is 7.82. The summed E-state index contributed by atoms with van der Waals surface area (Å²) in [6.07, 6.45) is -4.80. The molecule has 1 heterocycles. The molecule has 4 aromatic carbocycles. The maximum Gasteiger partial charge on any atom is 0.573 e. The van der Waals surface area contributed by atoms with E-state index in [2.05, 4.69) is 9.73 Å². The van der Waals surface area contributed by atoms with E-state index >= 15 is 0 Å². The van der Waals surface area contributed by atoms with Crippen molar-refractivity contribution in [3.05, 3.63) is 125 Å². The van der Waals surface area contributed by atoms with Crippen molar-refractivity contribution < 1.29 is 36.2 Å². The first-order valence-corrected chi connectivity index (χ1v) is 12.4. The summed E-state index contributed by atoms with van der Waals surface area (Å²) in [4.78, 5) is 17.8. The van der Waals surface area contributed by atoms with Crippen LogP contribution in [0.2, 0.25) is 0 Å². The molecule has 0 aromatic heterocycles. The Balaban J connectivity index is 1.40. The van der Waals surface area contributed by atoms with E-state index in [1.807, 2.05) is 30.3 Å². The summed E-state index contributed by atoms with van der Waals surface area (Å²) in [5.41, 5.74) is 2.61. The first-order valence-electron chi connectivity index (χ1n) is 12.4. The molecule has 0 bridgehead atoms. The number of ether oxygens (including phenoxy) is 2. The van der Waals surface area contributed by atoms with Crippen LogP contribution in [0.15, 0.2) is 102 Å². The van der Waals surface area contributed by atoms with Crippen LogP contribution in [0.25, 0.3) is 11.1 Å². The molecular weight excluding hydrogens is 529 g/mol. The van der Waals surface area contributed by atoms with Crippen molar-refractivity contribution in [3.63, 3.8) is 0 Å². The van der Waals surface area contributed by atoms with Crippen LogP contribution in [0.4, 0.5) is 22.0 Å². The molecule has 0 N–H and O–H groups in total. The van der Waals surface area contributed by atoms with E-state index < -0.39 is 35.9 Å². The van der Waals surface area contributed by atoms with Gasteiger partial charge in [-0.15, -0.1) is 13.2 Å². The van der Waals surface area contributed by atoms with Gasteiger partial charge in [-0.3, -0.25) is 9.79 Å².